The molecule has 2 N–H and O–H groups in total. The van der Waals surface area contributed by atoms with Gasteiger partial charge >= 0.3 is 0 Å². The molecule has 20 heavy (non-hydrogen) atoms. The number of benzene rings is 1. The van der Waals surface area contributed by atoms with Crippen LogP contribution in [0.2, 0.25) is 0 Å². The molecule has 1 aliphatic heterocycles. The normalized spacial score (nSPS) is 14.7. The smallest absolute Gasteiger partial charge is 0.179 e. The zero-order valence-corrected chi connectivity index (χ0v) is 12.4. The van der Waals surface area contributed by atoms with E-state index in [1.165, 1.54) is 11.3 Å². The van der Waals surface area contributed by atoms with Crippen molar-refractivity contribution in [2.24, 2.45) is 0 Å². The summed E-state index contributed by atoms with van der Waals surface area (Å²) in [5.74, 6) is 0.163. The highest BCUT2D eigenvalue weighted by atomic mass is 16.5. The zero-order valence-electron chi connectivity index (χ0n) is 12.4. The number of fused-ring (bicyclic) bond motifs is 1. The number of hydrogen-bond donors (Lipinski definition) is 2. The van der Waals surface area contributed by atoms with E-state index in [0.29, 0.717) is 0 Å². The predicted octanol–water partition coefficient (Wildman–Crippen LogP) is 2.24. The van der Waals surface area contributed by atoms with Crippen LogP contribution in [-0.4, -0.2) is 38.1 Å². The standard InChI is InChI=1S/C16H24N2O2/c1-3-20-10-4-8-17-12(2)16(19)14-5-6-15-13(11-14)7-9-18-15/h5-6,11-12,17-18H,3-4,7-10H2,1-2H3. The summed E-state index contributed by atoms with van der Waals surface area (Å²) in [7, 11) is 0. The van der Waals surface area contributed by atoms with Crippen molar-refractivity contribution in [3.63, 3.8) is 0 Å². The van der Waals surface area contributed by atoms with Crippen LogP contribution >= 0.6 is 0 Å². The molecule has 110 valence electrons. The van der Waals surface area contributed by atoms with E-state index < -0.39 is 0 Å². The number of carbonyl (C=O) groups is 1. The second-order valence-electron chi connectivity index (χ2n) is 5.14. The molecule has 1 unspecified atom stereocenters. The number of anilines is 1. The summed E-state index contributed by atoms with van der Waals surface area (Å²) in [5, 5.41) is 6.57. The maximum Gasteiger partial charge on any atom is 0.179 e. The van der Waals surface area contributed by atoms with E-state index in [2.05, 4.69) is 10.6 Å². The molecule has 0 spiro atoms. The van der Waals surface area contributed by atoms with Crippen LogP contribution < -0.4 is 10.6 Å². The molecule has 0 radical (unpaired) electrons. The van der Waals surface area contributed by atoms with Crippen LogP contribution in [0.4, 0.5) is 5.69 Å². The molecule has 1 aromatic rings. The lowest BCUT2D eigenvalue weighted by atomic mass is 10.0. The SMILES string of the molecule is CCOCCCNC(C)C(=O)c1ccc2c(c1)CCN2. The molecular formula is C16H24N2O2. The molecule has 4 heteroatoms. The average Bonchev–Trinajstić information content (AvgIpc) is 2.93. The summed E-state index contributed by atoms with van der Waals surface area (Å²) < 4.78 is 5.28. The number of carbonyl (C=O) groups excluding carboxylic acids is 1. The molecule has 0 fully saturated rings. The van der Waals surface area contributed by atoms with Crippen LogP contribution in [0.1, 0.15) is 36.2 Å². The molecule has 0 amide bonds. The molecule has 0 bridgehead atoms. The Morgan fingerprint density at radius 2 is 2.35 bits per heavy atom. The Bertz CT molecular complexity index is 460. The number of Topliss-reactive ketones (excluding diaryl/α,β-unsaturated/α-hetero) is 1. The number of rotatable bonds is 8. The van der Waals surface area contributed by atoms with Crippen molar-refractivity contribution in [1.82, 2.24) is 5.32 Å². The van der Waals surface area contributed by atoms with E-state index in [9.17, 15) is 4.79 Å². The van der Waals surface area contributed by atoms with Gasteiger partial charge in [0.1, 0.15) is 0 Å². The number of nitrogens with one attached hydrogen (secondary N) is 2. The van der Waals surface area contributed by atoms with Gasteiger partial charge in [0.2, 0.25) is 0 Å². The zero-order chi connectivity index (χ0) is 14.4. The Morgan fingerprint density at radius 1 is 1.50 bits per heavy atom. The molecule has 4 nitrogen and oxygen atoms in total. The summed E-state index contributed by atoms with van der Waals surface area (Å²) in [4.78, 5) is 12.4. The highest BCUT2D eigenvalue weighted by Gasteiger charge is 2.17. The fraction of sp³-hybridized carbons (Fsp3) is 0.562. The quantitative estimate of drug-likeness (QED) is 0.565. The highest BCUT2D eigenvalue weighted by Crippen LogP contribution is 2.23. The molecule has 1 aliphatic rings. The Morgan fingerprint density at radius 3 is 3.15 bits per heavy atom. The fourth-order valence-corrected chi connectivity index (χ4v) is 2.44. The van der Waals surface area contributed by atoms with Gasteiger partial charge in [0.05, 0.1) is 6.04 Å². The predicted molar refractivity (Wildman–Crippen MR) is 81.5 cm³/mol. The summed E-state index contributed by atoms with van der Waals surface area (Å²) in [6, 6.07) is 5.80. The summed E-state index contributed by atoms with van der Waals surface area (Å²) in [6.07, 6.45) is 1.94. The molecule has 0 aliphatic carbocycles. The second-order valence-corrected chi connectivity index (χ2v) is 5.14. The van der Waals surface area contributed by atoms with Crippen molar-refractivity contribution in [3.8, 4) is 0 Å². The third kappa shape index (κ3) is 3.81. The maximum atomic E-state index is 12.4. The number of hydrogen-bond acceptors (Lipinski definition) is 4. The lowest BCUT2D eigenvalue weighted by Gasteiger charge is -2.13. The van der Waals surface area contributed by atoms with E-state index >= 15 is 0 Å². The first-order valence-corrected chi connectivity index (χ1v) is 7.44. The highest BCUT2D eigenvalue weighted by molar-refractivity contribution is 6.00. The van der Waals surface area contributed by atoms with Gasteiger partial charge < -0.3 is 15.4 Å². The van der Waals surface area contributed by atoms with Crippen molar-refractivity contribution in [2.45, 2.75) is 32.7 Å². The number of ketones is 1. The minimum Gasteiger partial charge on any atom is -0.384 e. The number of ether oxygens (including phenoxy) is 1. The first-order chi connectivity index (χ1) is 9.72. The van der Waals surface area contributed by atoms with Crippen molar-refractivity contribution >= 4 is 11.5 Å². The van der Waals surface area contributed by atoms with Crippen LogP contribution in [-0.2, 0) is 11.2 Å². The van der Waals surface area contributed by atoms with Gasteiger partial charge in [0, 0.05) is 31.0 Å². The molecule has 2 rings (SSSR count). The third-order valence-electron chi connectivity index (χ3n) is 3.61. The Hall–Kier alpha value is -1.39. The molecular weight excluding hydrogens is 252 g/mol. The minimum absolute atomic E-state index is 0.149. The topological polar surface area (TPSA) is 50.4 Å². The van der Waals surface area contributed by atoms with E-state index in [1.54, 1.807) is 0 Å². The van der Waals surface area contributed by atoms with Gasteiger partial charge in [-0.05, 0) is 57.0 Å². The Labute approximate surface area is 120 Å². The lowest BCUT2D eigenvalue weighted by molar-refractivity contribution is 0.0946. The van der Waals surface area contributed by atoms with E-state index in [4.69, 9.17) is 4.74 Å². The van der Waals surface area contributed by atoms with Gasteiger partial charge in [-0.2, -0.15) is 0 Å². The van der Waals surface area contributed by atoms with E-state index in [1.807, 2.05) is 32.0 Å². The van der Waals surface area contributed by atoms with Crippen LogP contribution in [0.5, 0.6) is 0 Å². The van der Waals surface area contributed by atoms with Gasteiger partial charge in [-0.15, -0.1) is 0 Å². The van der Waals surface area contributed by atoms with E-state index in [0.717, 1.165) is 44.7 Å². The summed E-state index contributed by atoms with van der Waals surface area (Å²) in [5.41, 5.74) is 3.22. The van der Waals surface area contributed by atoms with Gasteiger partial charge in [-0.3, -0.25) is 4.79 Å². The lowest BCUT2D eigenvalue weighted by Crippen LogP contribution is -2.35. The summed E-state index contributed by atoms with van der Waals surface area (Å²) in [6.45, 7) is 7.18. The van der Waals surface area contributed by atoms with Crippen LogP contribution in [0.3, 0.4) is 0 Å². The van der Waals surface area contributed by atoms with Crippen molar-refractivity contribution in [2.75, 3.05) is 31.6 Å². The molecule has 0 saturated carbocycles. The van der Waals surface area contributed by atoms with Crippen molar-refractivity contribution < 1.29 is 9.53 Å². The van der Waals surface area contributed by atoms with Crippen LogP contribution in [0.15, 0.2) is 18.2 Å². The fourth-order valence-electron chi connectivity index (χ4n) is 2.44. The average molecular weight is 276 g/mol. The molecule has 1 heterocycles. The van der Waals surface area contributed by atoms with Crippen molar-refractivity contribution in [1.29, 1.82) is 0 Å². The van der Waals surface area contributed by atoms with E-state index in [-0.39, 0.29) is 11.8 Å². The maximum absolute atomic E-state index is 12.4. The van der Waals surface area contributed by atoms with Crippen LogP contribution in [0.25, 0.3) is 0 Å². The molecule has 1 atom stereocenters. The van der Waals surface area contributed by atoms with Gasteiger partial charge in [-0.1, -0.05) is 0 Å². The molecule has 0 saturated heterocycles. The van der Waals surface area contributed by atoms with Gasteiger partial charge in [0.15, 0.2) is 5.78 Å². The summed E-state index contributed by atoms with van der Waals surface area (Å²) >= 11 is 0. The van der Waals surface area contributed by atoms with Gasteiger partial charge in [-0.25, -0.2) is 0 Å². The Kier molecular flexibility index (Phi) is 5.56. The second kappa shape index (κ2) is 7.41. The largest absolute Gasteiger partial charge is 0.384 e. The third-order valence-corrected chi connectivity index (χ3v) is 3.61. The first-order valence-electron chi connectivity index (χ1n) is 7.44. The Balaban J connectivity index is 1.84. The molecule has 0 aromatic heterocycles. The van der Waals surface area contributed by atoms with Crippen LogP contribution in [0, 0.1) is 0 Å². The van der Waals surface area contributed by atoms with Crippen molar-refractivity contribution in [3.05, 3.63) is 29.3 Å². The van der Waals surface area contributed by atoms with Gasteiger partial charge in [0.25, 0.3) is 0 Å². The minimum atomic E-state index is -0.149. The first kappa shape index (κ1) is 15.0. The monoisotopic (exact) mass is 276 g/mol. The molecule has 1 aromatic carbocycles.